The first-order valence-electron chi connectivity index (χ1n) is 2.70. The maximum atomic E-state index is 2.33. The van der Waals surface area contributed by atoms with Crippen LogP contribution in [0.3, 0.4) is 0 Å². The van der Waals surface area contributed by atoms with Crippen LogP contribution in [0.15, 0.2) is 23.4 Å². The van der Waals surface area contributed by atoms with Gasteiger partial charge in [0.05, 0.1) is 0 Å². The predicted octanol–water partition coefficient (Wildman–Crippen LogP) is 0.586. The van der Waals surface area contributed by atoms with Crippen molar-refractivity contribution < 1.29 is 0 Å². The van der Waals surface area contributed by atoms with Gasteiger partial charge in [-0.05, 0) is 12.8 Å². The third-order valence-electron chi connectivity index (χ3n) is 1.21. The molecule has 0 bridgehead atoms. The molecule has 0 saturated carbocycles. The molecular weight excluding hydrogens is 100 g/mol. The molecule has 1 aliphatic carbocycles. The van der Waals surface area contributed by atoms with Gasteiger partial charge in [-0.15, -0.1) is 0 Å². The highest BCUT2D eigenvalue weighted by Gasteiger charge is 1.87. The Bertz CT molecular complexity index is 111. The number of hydrogen-bond acceptors (Lipinski definition) is 0. The van der Waals surface area contributed by atoms with Crippen LogP contribution in [-0.4, -0.2) is 10.2 Å². The molecule has 0 amide bonds. The van der Waals surface area contributed by atoms with E-state index in [-0.39, 0.29) is 0 Å². The third kappa shape index (κ3) is 1.31. The normalized spacial score (nSPS) is 19.7. The van der Waals surface area contributed by atoms with Crippen LogP contribution in [0.2, 0.25) is 0 Å². The SMILES string of the molecule is [SiH3]C1=CCC=CC1. The second kappa shape index (κ2) is 2.12. The summed E-state index contributed by atoms with van der Waals surface area (Å²) in [5, 5.41) is 1.64. The Morgan fingerprint density at radius 1 is 1.43 bits per heavy atom. The number of rotatable bonds is 0. The highest BCUT2D eigenvalue weighted by Crippen LogP contribution is 2.05. The fraction of sp³-hybridized carbons (Fsp3) is 0.333. The molecule has 0 aromatic heterocycles. The Morgan fingerprint density at radius 2 is 2.29 bits per heavy atom. The molecule has 1 heteroatoms. The van der Waals surface area contributed by atoms with Crippen molar-refractivity contribution in [1.82, 2.24) is 0 Å². The lowest BCUT2D eigenvalue weighted by molar-refractivity contribution is 1.21. The van der Waals surface area contributed by atoms with E-state index >= 15 is 0 Å². The Hall–Kier alpha value is -0.303. The summed E-state index contributed by atoms with van der Waals surface area (Å²) in [5.74, 6) is 0. The summed E-state index contributed by atoms with van der Waals surface area (Å²) < 4.78 is 0. The average molecular weight is 110 g/mol. The van der Waals surface area contributed by atoms with Crippen LogP contribution in [0.1, 0.15) is 12.8 Å². The topological polar surface area (TPSA) is 0 Å². The van der Waals surface area contributed by atoms with Crippen molar-refractivity contribution in [2.75, 3.05) is 0 Å². The molecule has 0 atom stereocenters. The van der Waals surface area contributed by atoms with Gasteiger partial charge in [0.2, 0.25) is 0 Å². The molecule has 0 aromatic rings. The molecule has 0 nitrogen and oxygen atoms in total. The molecule has 1 aliphatic rings. The zero-order chi connectivity index (χ0) is 5.11. The van der Waals surface area contributed by atoms with Gasteiger partial charge in [-0.3, -0.25) is 0 Å². The molecule has 0 aromatic carbocycles. The van der Waals surface area contributed by atoms with Gasteiger partial charge in [0.15, 0.2) is 0 Å². The molecule has 0 fully saturated rings. The Balaban J connectivity index is 2.50. The summed E-state index contributed by atoms with van der Waals surface area (Å²) in [6.45, 7) is 0. The zero-order valence-corrected chi connectivity index (χ0v) is 6.65. The van der Waals surface area contributed by atoms with Gasteiger partial charge in [-0.25, -0.2) is 0 Å². The van der Waals surface area contributed by atoms with E-state index in [1.165, 1.54) is 23.1 Å². The summed E-state index contributed by atoms with van der Waals surface area (Å²) in [7, 11) is 1.26. The quantitative estimate of drug-likeness (QED) is 0.316. The molecule has 0 aliphatic heterocycles. The van der Waals surface area contributed by atoms with E-state index in [9.17, 15) is 0 Å². The predicted molar refractivity (Wildman–Crippen MR) is 36.4 cm³/mol. The van der Waals surface area contributed by atoms with Crippen molar-refractivity contribution in [3.63, 3.8) is 0 Å². The van der Waals surface area contributed by atoms with Crippen LogP contribution in [0, 0.1) is 0 Å². The molecule has 1 rings (SSSR count). The van der Waals surface area contributed by atoms with E-state index in [1.807, 2.05) is 0 Å². The highest BCUT2D eigenvalue weighted by atomic mass is 28.1. The van der Waals surface area contributed by atoms with Crippen molar-refractivity contribution >= 4 is 10.2 Å². The summed E-state index contributed by atoms with van der Waals surface area (Å²) in [4.78, 5) is 0. The van der Waals surface area contributed by atoms with Gasteiger partial charge >= 0.3 is 0 Å². The summed E-state index contributed by atoms with van der Waals surface area (Å²) in [6, 6.07) is 0. The average Bonchev–Trinajstić information content (AvgIpc) is 1.69. The van der Waals surface area contributed by atoms with Crippen LogP contribution >= 0.6 is 0 Å². The third-order valence-corrected chi connectivity index (χ3v) is 2.03. The molecular formula is C6H10Si. The smallest absolute Gasteiger partial charge is 0.0333 e. The monoisotopic (exact) mass is 110 g/mol. The highest BCUT2D eigenvalue weighted by molar-refractivity contribution is 6.21. The van der Waals surface area contributed by atoms with Crippen molar-refractivity contribution in [2.45, 2.75) is 12.8 Å². The van der Waals surface area contributed by atoms with Gasteiger partial charge < -0.3 is 0 Å². The van der Waals surface area contributed by atoms with E-state index in [2.05, 4.69) is 18.2 Å². The van der Waals surface area contributed by atoms with E-state index in [0.29, 0.717) is 0 Å². The molecule has 38 valence electrons. The van der Waals surface area contributed by atoms with E-state index in [4.69, 9.17) is 0 Å². The van der Waals surface area contributed by atoms with Gasteiger partial charge in [-0.2, -0.15) is 0 Å². The van der Waals surface area contributed by atoms with Gasteiger partial charge in [0, 0.05) is 10.2 Å². The molecule has 0 N–H and O–H groups in total. The van der Waals surface area contributed by atoms with Crippen molar-refractivity contribution in [3.8, 4) is 0 Å². The fourth-order valence-electron chi connectivity index (χ4n) is 0.718. The maximum Gasteiger partial charge on any atom is 0.0333 e. The van der Waals surface area contributed by atoms with Gasteiger partial charge in [-0.1, -0.05) is 23.4 Å². The Morgan fingerprint density at radius 3 is 2.57 bits per heavy atom. The first-order valence-corrected chi connectivity index (χ1v) is 3.70. The maximum absolute atomic E-state index is 2.33. The number of hydrogen-bond donors (Lipinski definition) is 0. The lowest BCUT2D eigenvalue weighted by Gasteiger charge is -1.98. The summed E-state index contributed by atoms with van der Waals surface area (Å²) >= 11 is 0. The van der Waals surface area contributed by atoms with Crippen LogP contribution in [0.4, 0.5) is 0 Å². The van der Waals surface area contributed by atoms with Crippen LogP contribution < -0.4 is 0 Å². The fourth-order valence-corrected chi connectivity index (χ4v) is 1.19. The number of allylic oxidation sites excluding steroid dienone is 4. The van der Waals surface area contributed by atoms with Crippen molar-refractivity contribution in [1.29, 1.82) is 0 Å². The van der Waals surface area contributed by atoms with Crippen molar-refractivity contribution in [2.24, 2.45) is 0 Å². The molecule has 0 unspecified atom stereocenters. The zero-order valence-electron chi connectivity index (χ0n) is 4.65. The molecule has 0 radical (unpaired) electrons. The Kier molecular flexibility index (Phi) is 1.47. The van der Waals surface area contributed by atoms with E-state index < -0.39 is 0 Å². The van der Waals surface area contributed by atoms with E-state index in [0.717, 1.165) is 0 Å². The lowest BCUT2D eigenvalue weighted by Crippen LogP contribution is -1.82. The Labute approximate surface area is 47.3 Å². The minimum Gasteiger partial charge on any atom is -0.0917 e. The van der Waals surface area contributed by atoms with Gasteiger partial charge in [0.1, 0.15) is 0 Å². The standard InChI is InChI=1S/C6H10Si/c7-6-4-2-1-3-5-6/h1-2,5H,3-4H2,7H3. The lowest BCUT2D eigenvalue weighted by atomic mass is 10.2. The molecule has 0 saturated heterocycles. The minimum atomic E-state index is 1.18. The second-order valence-electron chi connectivity index (χ2n) is 1.96. The first kappa shape index (κ1) is 4.85. The summed E-state index contributed by atoms with van der Waals surface area (Å²) in [5.41, 5.74) is 0. The molecule has 0 spiro atoms. The second-order valence-corrected chi connectivity index (χ2v) is 3.25. The molecule has 0 heterocycles. The molecule has 7 heavy (non-hydrogen) atoms. The summed E-state index contributed by atoms with van der Waals surface area (Å²) in [6.07, 6.45) is 9.21. The largest absolute Gasteiger partial charge is 0.0917 e. The van der Waals surface area contributed by atoms with E-state index in [1.54, 1.807) is 5.20 Å². The first-order chi connectivity index (χ1) is 3.39. The van der Waals surface area contributed by atoms with Gasteiger partial charge in [0.25, 0.3) is 0 Å². The van der Waals surface area contributed by atoms with Crippen LogP contribution in [0.25, 0.3) is 0 Å². The van der Waals surface area contributed by atoms with Crippen LogP contribution in [0.5, 0.6) is 0 Å². The minimum absolute atomic E-state index is 1.18. The van der Waals surface area contributed by atoms with Crippen molar-refractivity contribution in [3.05, 3.63) is 23.4 Å². The van der Waals surface area contributed by atoms with Crippen LogP contribution in [-0.2, 0) is 0 Å².